The summed E-state index contributed by atoms with van der Waals surface area (Å²) in [6.45, 7) is 10.7. The number of hydrogen-bond acceptors (Lipinski definition) is 4. The number of imidazole rings is 1. The minimum Gasteiger partial charge on any atom is -0.508 e. The first-order valence-electron chi connectivity index (χ1n) is 10.3. The molecular weight excluding hydrogens is 416 g/mol. The molecule has 1 saturated heterocycles. The smallest absolute Gasteiger partial charge is 0.269 e. The fraction of sp³-hybridized carbons (Fsp3) is 0.435. The molecule has 2 aromatic rings. The number of benzene rings is 1. The maximum atomic E-state index is 12.6. The van der Waals surface area contributed by atoms with Gasteiger partial charge in [-0.05, 0) is 35.1 Å². The zero-order valence-corrected chi connectivity index (χ0v) is 19.2. The van der Waals surface area contributed by atoms with Gasteiger partial charge in [0.15, 0.2) is 0 Å². The van der Waals surface area contributed by atoms with Gasteiger partial charge in [0.25, 0.3) is 5.91 Å². The van der Waals surface area contributed by atoms with Gasteiger partial charge < -0.3 is 19.9 Å². The van der Waals surface area contributed by atoms with E-state index in [2.05, 4.69) is 37.7 Å². The molecule has 1 aliphatic rings. The molecular formula is C23H29ClN4O3. The maximum absolute atomic E-state index is 12.6. The van der Waals surface area contributed by atoms with Crippen molar-refractivity contribution in [2.24, 2.45) is 7.05 Å². The maximum Gasteiger partial charge on any atom is 0.269 e. The van der Waals surface area contributed by atoms with Crippen LogP contribution in [-0.4, -0.2) is 50.5 Å². The highest BCUT2D eigenvalue weighted by atomic mass is 35.5. The fourth-order valence-corrected chi connectivity index (χ4v) is 4.10. The Morgan fingerprint density at radius 3 is 2.61 bits per heavy atom. The number of carbonyl (C=O) groups is 2. The summed E-state index contributed by atoms with van der Waals surface area (Å²) in [5.74, 6) is 0.553. The van der Waals surface area contributed by atoms with Crippen LogP contribution in [0.4, 0.5) is 0 Å². The summed E-state index contributed by atoms with van der Waals surface area (Å²) in [5.41, 5.74) is 2.09. The van der Waals surface area contributed by atoms with Gasteiger partial charge in [-0.1, -0.05) is 45.0 Å². The first-order valence-corrected chi connectivity index (χ1v) is 10.6. The van der Waals surface area contributed by atoms with Crippen LogP contribution in [0.1, 0.15) is 48.2 Å². The summed E-state index contributed by atoms with van der Waals surface area (Å²) in [7, 11) is 1.80. The van der Waals surface area contributed by atoms with Gasteiger partial charge in [-0.15, -0.1) is 0 Å². The molecule has 1 aromatic heterocycles. The number of phenols is 1. The van der Waals surface area contributed by atoms with Crippen LogP contribution < -0.4 is 5.32 Å². The van der Waals surface area contributed by atoms with Crippen molar-refractivity contribution in [2.45, 2.75) is 45.1 Å². The van der Waals surface area contributed by atoms with Gasteiger partial charge in [-0.2, -0.15) is 0 Å². The van der Waals surface area contributed by atoms with E-state index in [1.54, 1.807) is 28.8 Å². The van der Waals surface area contributed by atoms with Crippen molar-refractivity contribution in [3.63, 3.8) is 0 Å². The lowest BCUT2D eigenvalue weighted by molar-refractivity contribution is -0.130. The molecule has 3 rings (SSSR count). The summed E-state index contributed by atoms with van der Waals surface area (Å²) in [6, 6.07) is 3.46. The van der Waals surface area contributed by atoms with Crippen molar-refractivity contribution >= 4 is 23.4 Å². The normalized spacial score (nSPS) is 14.3. The van der Waals surface area contributed by atoms with Crippen LogP contribution in [0, 0.1) is 0 Å². The minimum absolute atomic E-state index is 0.0726. The molecule has 1 aliphatic heterocycles. The molecule has 0 radical (unpaired) electrons. The largest absolute Gasteiger partial charge is 0.508 e. The molecule has 8 heteroatoms. The Morgan fingerprint density at radius 1 is 1.32 bits per heavy atom. The molecule has 2 N–H and O–H groups in total. The molecule has 1 aromatic carbocycles. The fourth-order valence-electron chi connectivity index (χ4n) is 3.66. The van der Waals surface area contributed by atoms with Crippen LogP contribution in [0.3, 0.4) is 0 Å². The van der Waals surface area contributed by atoms with Crippen molar-refractivity contribution in [3.05, 3.63) is 58.7 Å². The number of hydrogen-bond donors (Lipinski definition) is 2. The SMILES string of the molecule is C=CC(=O)N1CC(NC(=O)c2cnc(CCc3cc(C(C)(C)C)c(Cl)cc3O)n2C)C1. The zero-order valence-electron chi connectivity index (χ0n) is 18.4. The van der Waals surface area contributed by atoms with Gasteiger partial charge in [-0.3, -0.25) is 9.59 Å². The van der Waals surface area contributed by atoms with Crippen molar-refractivity contribution in [1.29, 1.82) is 0 Å². The lowest BCUT2D eigenvalue weighted by atomic mass is 9.85. The van der Waals surface area contributed by atoms with Gasteiger partial charge in [-0.25, -0.2) is 4.98 Å². The molecule has 0 atom stereocenters. The number of phenolic OH excluding ortho intramolecular Hbond substituents is 1. The third kappa shape index (κ3) is 4.93. The highest BCUT2D eigenvalue weighted by Gasteiger charge is 2.31. The molecule has 2 heterocycles. The predicted octanol–water partition coefficient (Wildman–Crippen LogP) is 2.99. The van der Waals surface area contributed by atoms with E-state index >= 15 is 0 Å². The average molecular weight is 445 g/mol. The van der Waals surface area contributed by atoms with Crippen molar-refractivity contribution < 1.29 is 14.7 Å². The molecule has 0 bridgehead atoms. The van der Waals surface area contributed by atoms with E-state index in [0.29, 0.717) is 36.6 Å². The number of carbonyl (C=O) groups excluding carboxylic acids is 2. The monoisotopic (exact) mass is 444 g/mol. The molecule has 31 heavy (non-hydrogen) atoms. The quantitative estimate of drug-likeness (QED) is 0.670. The molecule has 0 spiro atoms. The van der Waals surface area contributed by atoms with Gasteiger partial charge in [0, 0.05) is 31.6 Å². The zero-order chi connectivity index (χ0) is 22.9. The number of amides is 2. The number of aromatic nitrogens is 2. The first-order chi connectivity index (χ1) is 14.5. The third-order valence-corrected chi connectivity index (χ3v) is 5.93. The number of nitrogens with zero attached hydrogens (tertiary/aromatic N) is 3. The van der Waals surface area contributed by atoms with Crippen LogP contribution in [0.2, 0.25) is 5.02 Å². The van der Waals surface area contributed by atoms with Crippen molar-refractivity contribution in [2.75, 3.05) is 13.1 Å². The summed E-state index contributed by atoms with van der Waals surface area (Å²) in [5, 5.41) is 13.8. The van der Waals surface area contributed by atoms with Gasteiger partial charge in [0.05, 0.1) is 12.2 Å². The third-order valence-electron chi connectivity index (χ3n) is 5.61. The molecule has 1 fully saturated rings. The molecule has 0 saturated carbocycles. The van der Waals surface area contributed by atoms with Crippen LogP contribution in [0.15, 0.2) is 31.0 Å². The van der Waals surface area contributed by atoms with Crippen LogP contribution in [-0.2, 0) is 30.1 Å². The van der Waals surface area contributed by atoms with E-state index in [1.165, 1.54) is 6.08 Å². The number of likely N-dealkylation sites (tertiary alicyclic amines) is 1. The summed E-state index contributed by atoms with van der Waals surface area (Å²) in [6.07, 6.45) is 3.96. The number of nitrogens with one attached hydrogen (secondary N) is 1. The highest BCUT2D eigenvalue weighted by molar-refractivity contribution is 6.31. The topological polar surface area (TPSA) is 87.5 Å². The Bertz CT molecular complexity index is 1020. The predicted molar refractivity (Wildman–Crippen MR) is 120 cm³/mol. The first kappa shape index (κ1) is 22.9. The van der Waals surface area contributed by atoms with Gasteiger partial charge in [0.1, 0.15) is 17.3 Å². The number of rotatable bonds is 6. The van der Waals surface area contributed by atoms with E-state index in [0.717, 1.165) is 17.0 Å². The van der Waals surface area contributed by atoms with Crippen LogP contribution >= 0.6 is 11.6 Å². The van der Waals surface area contributed by atoms with Gasteiger partial charge in [0.2, 0.25) is 5.91 Å². The number of halogens is 1. The minimum atomic E-state index is -0.221. The molecule has 7 nitrogen and oxygen atoms in total. The van der Waals surface area contributed by atoms with Crippen LogP contribution in [0.25, 0.3) is 0 Å². The van der Waals surface area contributed by atoms with E-state index in [9.17, 15) is 14.7 Å². The van der Waals surface area contributed by atoms with E-state index < -0.39 is 0 Å². The average Bonchev–Trinajstić information content (AvgIpc) is 3.02. The number of aromatic hydroxyl groups is 1. The molecule has 166 valence electrons. The van der Waals surface area contributed by atoms with E-state index in [-0.39, 0.29) is 29.0 Å². The van der Waals surface area contributed by atoms with Crippen LogP contribution in [0.5, 0.6) is 5.75 Å². The second-order valence-electron chi connectivity index (χ2n) is 8.95. The van der Waals surface area contributed by atoms with Crippen molar-refractivity contribution in [1.82, 2.24) is 19.8 Å². The second kappa shape index (κ2) is 8.75. The van der Waals surface area contributed by atoms with Crippen molar-refractivity contribution in [3.8, 4) is 5.75 Å². The Hall–Kier alpha value is -2.80. The number of aryl methyl sites for hydroxylation is 2. The molecule has 2 amide bonds. The Morgan fingerprint density at radius 2 is 2.00 bits per heavy atom. The highest BCUT2D eigenvalue weighted by Crippen LogP contribution is 2.34. The Kier molecular flexibility index (Phi) is 6.46. The standard InChI is InChI=1S/C23H29ClN4O3/c1-6-21(30)28-12-15(13-28)26-22(31)18-11-25-20(27(18)5)8-7-14-9-16(23(2,3)4)17(24)10-19(14)29/h6,9-11,15,29H,1,7-8,12-13H2,2-5H3,(H,26,31). The lowest BCUT2D eigenvalue weighted by Gasteiger charge is -2.38. The lowest BCUT2D eigenvalue weighted by Crippen LogP contribution is -2.60. The molecule has 0 unspecified atom stereocenters. The van der Waals surface area contributed by atoms with E-state index in [1.807, 2.05) is 6.07 Å². The summed E-state index contributed by atoms with van der Waals surface area (Å²) >= 11 is 6.31. The summed E-state index contributed by atoms with van der Waals surface area (Å²) < 4.78 is 1.76. The van der Waals surface area contributed by atoms with Gasteiger partial charge >= 0.3 is 0 Å². The Labute approximate surface area is 187 Å². The summed E-state index contributed by atoms with van der Waals surface area (Å²) in [4.78, 5) is 30.1. The van der Waals surface area contributed by atoms with E-state index in [4.69, 9.17) is 11.6 Å². The second-order valence-corrected chi connectivity index (χ2v) is 9.35. The molecule has 0 aliphatic carbocycles. The Balaban J connectivity index is 1.64.